The zero-order valence-electron chi connectivity index (χ0n) is 17.5. The maximum Gasteiger partial charge on any atom is 0.349 e. The molecule has 2 N–H and O–H groups in total. The molecular weight excluding hydrogens is 346 g/mol. The number of ether oxygens (including phenoxy) is 1. The Bertz CT molecular complexity index is 569. The van der Waals surface area contributed by atoms with Gasteiger partial charge in [0.25, 0.3) is 5.60 Å². The van der Waals surface area contributed by atoms with Crippen molar-refractivity contribution >= 4 is 11.9 Å². The normalized spacial score (nSPS) is 13.0. The molecule has 0 fully saturated rings. The monoisotopic (exact) mass is 381 g/mol. The minimum atomic E-state index is -2.26. The van der Waals surface area contributed by atoms with Crippen molar-refractivity contribution in [3.05, 3.63) is 34.9 Å². The molecule has 0 aromatic heterocycles. The van der Waals surface area contributed by atoms with E-state index in [0.717, 1.165) is 31.3 Å². The van der Waals surface area contributed by atoms with Crippen LogP contribution in [-0.4, -0.2) is 59.9 Å². The number of carboxylic acids is 2. The Morgan fingerprint density at radius 2 is 1.37 bits per heavy atom. The molecule has 0 aromatic rings. The molecule has 0 saturated heterocycles. The van der Waals surface area contributed by atoms with Crippen LogP contribution < -0.4 is 0 Å². The second-order valence-electron chi connectivity index (χ2n) is 7.45. The molecule has 0 spiro atoms. The van der Waals surface area contributed by atoms with E-state index in [0.29, 0.717) is 0 Å². The van der Waals surface area contributed by atoms with Gasteiger partial charge in [0, 0.05) is 6.54 Å². The zero-order valence-corrected chi connectivity index (χ0v) is 17.5. The van der Waals surface area contributed by atoms with Gasteiger partial charge in [-0.05, 0) is 67.5 Å². The van der Waals surface area contributed by atoms with Crippen LogP contribution in [0.15, 0.2) is 34.9 Å². The predicted molar refractivity (Wildman–Crippen MR) is 108 cm³/mol. The number of nitrogens with zero attached hydrogens (tertiary/aromatic N) is 1. The van der Waals surface area contributed by atoms with Crippen LogP contribution in [-0.2, 0) is 14.3 Å². The van der Waals surface area contributed by atoms with Gasteiger partial charge in [-0.25, -0.2) is 9.59 Å². The fourth-order valence-corrected chi connectivity index (χ4v) is 2.51. The van der Waals surface area contributed by atoms with Crippen LogP contribution in [0, 0.1) is 0 Å². The summed E-state index contributed by atoms with van der Waals surface area (Å²) in [6, 6.07) is 0. The van der Waals surface area contributed by atoms with Crippen molar-refractivity contribution in [2.24, 2.45) is 0 Å². The van der Waals surface area contributed by atoms with E-state index in [4.69, 9.17) is 4.74 Å². The average molecular weight is 382 g/mol. The van der Waals surface area contributed by atoms with Gasteiger partial charge in [-0.2, -0.15) is 0 Å². The first-order valence-corrected chi connectivity index (χ1v) is 9.21. The third-order valence-electron chi connectivity index (χ3n) is 4.11. The van der Waals surface area contributed by atoms with Crippen molar-refractivity contribution in [2.45, 2.75) is 59.0 Å². The van der Waals surface area contributed by atoms with E-state index in [1.54, 1.807) is 20.2 Å². The molecule has 6 heteroatoms. The number of allylic oxidation sites excluding steroid dienone is 5. The Labute approximate surface area is 163 Å². The summed E-state index contributed by atoms with van der Waals surface area (Å²) in [4.78, 5) is 24.5. The van der Waals surface area contributed by atoms with Crippen LogP contribution in [0.25, 0.3) is 0 Å². The third kappa shape index (κ3) is 10.1. The first kappa shape index (κ1) is 25.1. The van der Waals surface area contributed by atoms with E-state index >= 15 is 0 Å². The Morgan fingerprint density at radius 1 is 0.889 bits per heavy atom. The number of hydrogen-bond acceptors (Lipinski definition) is 4. The summed E-state index contributed by atoms with van der Waals surface area (Å²) in [5.74, 6) is -2.99. The van der Waals surface area contributed by atoms with Gasteiger partial charge in [-0.1, -0.05) is 34.9 Å². The van der Waals surface area contributed by atoms with Gasteiger partial charge >= 0.3 is 11.9 Å². The molecule has 0 bridgehead atoms. The molecule has 0 amide bonds. The summed E-state index contributed by atoms with van der Waals surface area (Å²) >= 11 is 0. The fraction of sp³-hybridized carbons (Fsp3) is 0.619. The van der Waals surface area contributed by atoms with Gasteiger partial charge in [-0.15, -0.1) is 0 Å². The molecule has 0 aliphatic rings. The van der Waals surface area contributed by atoms with Crippen molar-refractivity contribution in [1.29, 1.82) is 0 Å². The Morgan fingerprint density at radius 3 is 1.81 bits per heavy atom. The fourth-order valence-electron chi connectivity index (χ4n) is 2.51. The maximum atomic E-state index is 11.5. The molecule has 0 atom stereocenters. The maximum absolute atomic E-state index is 11.5. The van der Waals surface area contributed by atoms with E-state index in [2.05, 4.69) is 32.9 Å². The average Bonchev–Trinajstić information content (AvgIpc) is 2.52. The van der Waals surface area contributed by atoms with Crippen LogP contribution in [0.2, 0.25) is 0 Å². The lowest BCUT2D eigenvalue weighted by molar-refractivity contribution is -0.183. The quantitative estimate of drug-likeness (QED) is 0.372. The largest absolute Gasteiger partial charge is 0.479 e. The third-order valence-corrected chi connectivity index (χ3v) is 4.11. The molecule has 0 rings (SSSR count). The lowest BCUT2D eigenvalue weighted by Crippen LogP contribution is -2.55. The van der Waals surface area contributed by atoms with Crippen LogP contribution in [0.1, 0.15) is 53.4 Å². The molecule has 0 saturated carbocycles. The summed E-state index contributed by atoms with van der Waals surface area (Å²) in [6.07, 6.45) is 10.00. The summed E-state index contributed by atoms with van der Waals surface area (Å²) < 4.78 is 5.30. The van der Waals surface area contributed by atoms with Gasteiger partial charge in [0.15, 0.2) is 0 Å². The van der Waals surface area contributed by atoms with E-state index in [-0.39, 0.29) is 13.2 Å². The number of carbonyl (C=O) groups is 2. The molecule has 0 aliphatic carbocycles. The number of carboxylic acid groups (broad SMARTS) is 2. The minimum absolute atomic E-state index is 0.0540. The molecule has 0 aliphatic heterocycles. The van der Waals surface area contributed by atoms with E-state index < -0.39 is 17.5 Å². The molecule has 0 aromatic carbocycles. The molecular formula is C21H35NO5. The SMILES string of the molecule is CC(C)=CCC/C(C)=C/CC/C(C)=C/COC(CN(C)C)(C(=O)O)C(=O)O. The number of hydrogen-bond donors (Lipinski definition) is 2. The van der Waals surface area contributed by atoms with Crippen molar-refractivity contribution in [1.82, 2.24) is 4.90 Å². The Hall–Kier alpha value is -1.92. The van der Waals surface area contributed by atoms with Gasteiger partial charge in [0.05, 0.1) is 6.61 Å². The van der Waals surface area contributed by atoms with Gasteiger partial charge in [0.2, 0.25) is 0 Å². The van der Waals surface area contributed by atoms with Crippen LogP contribution in [0.5, 0.6) is 0 Å². The Kier molecular flexibility index (Phi) is 11.6. The van der Waals surface area contributed by atoms with E-state index in [9.17, 15) is 19.8 Å². The van der Waals surface area contributed by atoms with Crippen LogP contribution >= 0.6 is 0 Å². The summed E-state index contributed by atoms with van der Waals surface area (Å²) in [7, 11) is 3.22. The standard InChI is InChI=1S/C21H35NO5/c1-16(2)9-7-10-17(3)11-8-12-18(4)13-14-27-21(19(23)24,20(25)26)15-22(5)6/h9,11,13H,7-8,10,12,14-15H2,1-6H3,(H,23,24)(H,25,26)/b17-11+,18-13+. The zero-order chi connectivity index (χ0) is 21.0. The molecule has 0 heterocycles. The van der Waals surface area contributed by atoms with Gasteiger partial charge in [-0.3, -0.25) is 0 Å². The predicted octanol–water partition coefficient (Wildman–Crippen LogP) is 3.89. The first-order chi connectivity index (χ1) is 12.5. The molecule has 0 radical (unpaired) electrons. The Balaban J connectivity index is 4.64. The highest BCUT2D eigenvalue weighted by molar-refractivity contribution is 6.02. The molecule has 6 nitrogen and oxygen atoms in total. The lowest BCUT2D eigenvalue weighted by Gasteiger charge is -2.27. The summed E-state index contributed by atoms with van der Waals surface area (Å²) in [5.41, 5.74) is 1.45. The van der Waals surface area contributed by atoms with Crippen LogP contribution in [0.3, 0.4) is 0 Å². The first-order valence-electron chi connectivity index (χ1n) is 9.21. The molecule has 27 heavy (non-hydrogen) atoms. The van der Waals surface area contributed by atoms with Crippen molar-refractivity contribution in [3.63, 3.8) is 0 Å². The molecule has 154 valence electrons. The second-order valence-corrected chi connectivity index (χ2v) is 7.45. The number of rotatable bonds is 13. The lowest BCUT2D eigenvalue weighted by atomic mass is 10.0. The van der Waals surface area contributed by atoms with E-state index in [1.165, 1.54) is 16.0 Å². The highest BCUT2D eigenvalue weighted by Crippen LogP contribution is 2.16. The van der Waals surface area contributed by atoms with Gasteiger partial charge < -0.3 is 19.8 Å². The highest BCUT2D eigenvalue weighted by Gasteiger charge is 2.48. The number of likely N-dealkylation sites (N-methyl/N-ethyl adjacent to an activating group) is 1. The minimum Gasteiger partial charge on any atom is -0.479 e. The summed E-state index contributed by atoms with van der Waals surface area (Å²) in [5, 5.41) is 18.7. The number of aliphatic carboxylic acids is 2. The van der Waals surface area contributed by atoms with Crippen molar-refractivity contribution in [3.8, 4) is 0 Å². The van der Waals surface area contributed by atoms with Gasteiger partial charge in [0.1, 0.15) is 0 Å². The smallest absolute Gasteiger partial charge is 0.349 e. The van der Waals surface area contributed by atoms with Crippen molar-refractivity contribution in [2.75, 3.05) is 27.2 Å². The summed E-state index contributed by atoms with van der Waals surface area (Å²) in [6.45, 7) is 7.95. The topological polar surface area (TPSA) is 87.1 Å². The van der Waals surface area contributed by atoms with E-state index in [1.807, 2.05) is 6.92 Å². The van der Waals surface area contributed by atoms with Crippen molar-refractivity contribution < 1.29 is 24.5 Å². The van der Waals surface area contributed by atoms with Crippen LogP contribution in [0.4, 0.5) is 0 Å². The second kappa shape index (κ2) is 12.5. The molecule has 0 unspecified atom stereocenters. The highest BCUT2D eigenvalue weighted by atomic mass is 16.6.